The summed E-state index contributed by atoms with van der Waals surface area (Å²) in [7, 11) is 3.44. The molecule has 1 unspecified atom stereocenters. The predicted octanol–water partition coefficient (Wildman–Crippen LogP) is 2.77. The SMILES string of the molecule is COC1(c2cc(-c3cnn(C)c3)ccn2)C=C(C#N)C(=O)C(C)(C)C1. The van der Waals surface area contributed by atoms with Crippen LogP contribution in [-0.2, 0) is 22.2 Å². The van der Waals surface area contributed by atoms with Crippen LogP contribution in [0.4, 0.5) is 0 Å². The number of ketones is 1. The van der Waals surface area contributed by atoms with E-state index in [2.05, 4.69) is 10.1 Å². The lowest BCUT2D eigenvalue weighted by molar-refractivity contribution is -0.128. The quantitative estimate of drug-likeness (QED) is 0.861. The summed E-state index contributed by atoms with van der Waals surface area (Å²) in [5.41, 5.74) is 1.09. The highest BCUT2D eigenvalue weighted by Crippen LogP contribution is 2.45. The molecule has 25 heavy (non-hydrogen) atoms. The van der Waals surface area contributed by atoms with Crippen LogP contribution in [0.1, 0.15) is 26.0 Å². The molecule has 0 bridgehead atoms. The lowest BCUT2D eigenvalue weighted by Crippen LogP contribution is -2.42. The molecule has 0 N–H and O–H groups in total. The molecular weight excluding hydrogens is 316 g/mol. The number of rotatable bonds is 3. The summed E-state index contributed by atoms with van der Waals surface area (Å²) in [5, 5.41) is 13.6. The zero-order valence-corrected chi connectivity index (χ0v) is 14.8. The largest absolute Gasteiger partial charge is 0.368 e. The number of carbonyl (C=O) groups excluding carboxylic acids is 1. The third-order valence-corrected chi connectivity index (χ3v) is 4.66. The van der Waals surface area contributed by atoms with Gasteiger partial charge in [-0.25, -0.2) is 0 Å². The van der Waals surface area contributed by atoms with Crippen molar-refractivity contribution >= 4 is 5.78 Å². The zero-order chi connectivity index (χ0) is 18.2. The van der Waals surface area contributed by atoms with E-state index in [1.54, 1.807) is 30.3 Å². The summed E-state index contributed by atoms with van der Waals surface area (Å²) < 4.78 is 7.55. The maximum Gasteiger partial charge on any atom is 0.178 e. The van der Waals surface area contributed by atoms with Crippen molar-refractivity contribution in [3.8, 4) is 17.2 Å². The third-order valence-electron chi connectivity index (χ3n) is 4.66. The van der Waals surface area contributed by atoms with Crippen LogP contribution >= 0.6 is 0 Å². The Morgan fingerprint density at radius 3 is 2.72 bits per heavy atom. The van der Waals surface area contributed by atoms with E-state index in [9.17, 15) is 10.1 Å². The highest BCUT2D eigenvalue weighted by molar-refractivity contribution is 6.04. The van der Waals surface area contributed by atoms with Crippen molar-refractivity contribution in [2.45, 2.75) is 25.9 Å². The molecule has 3 rings (SSSR count). The number of aryl methyl sites for hydroxylation is 1. The fourth-order valence-corrected chi connectivity index (χ4v) is 3.35. The molecule has 6 heteroatoms. The molecule has 128 valence electrons. The number of ether oxygens (including phenoxy) is 1. The number of nitrogens with zero attached hydrogens (tertiary/aromatic N) is 4. The van der Waals surface area contributed by atoms with Crippen LogP contribution in [0.5, 0.6) is 0 Å². The number of methoxy groups -OCH3 is 1. The van der Waals surface area contributed by atoms with Crippen molar-refractivity contribution in [2.75, 3.05) is 7.11 Å². The number of allylic oxidation sites excluding steroid dienone is 1. The topological polar surface area (TPSA) is 80.8 Å². The second kappa shape index (κ2) is 5.94. The molecule has 0 saturated carbocycles. The van der Waals surface area contributed by atoms with Gasteiger partial charge in [0.2, 0.25) is 0 Å². The van der Waals surface area contributed by atoms with Crippen LogP contribution in [0.2, 0.25) is 0 Å². The van der Waals surface area contributed by atoms with E-state index in [1.165, 1.54) is 0 Å². The standard InChI is InChI=1S/C19H20N4O2/c1-18(2)12-19(25-4,8-14(9-20)17(18)24)16-7-13(5-6-21-16)15-10-22-23(3)11-15/h5-8,10-11H,12H2,1-4H3. The fraction of sp³-hybridized carbons (Fsp3) is 0.368. The smallest absolute Gasteiger partial charge is 0.178 e. The maximum atomic E-state index is 12.4. The second-order valence-electron chi connectivity index (χ2n) is 6.99. The van der Waals surface area contributed by atoms with Crippen LogP contribution in [0.3, 0.4) is 0 Å². The molecule has 2 aromatic rings. The lowest BCUT2D eigenvalue weighted by atomic mass is 9.68. The number of pyridine rings is 1. The Labute approximate surface area is 146 Å². The molecule has 0 saturated heterocycles. The highest BCUT2D eigenvalue weighted by Gasteiger charge is 2.47. The summed E-state index contributed by atoms with van der Waals surface area (Å²) in [6.07, 6.45) is 7.44. The van der Waals surface area contributed by atoms with Crippen molar-refractivity contribution in [2.24, 2.45) is 12.5 Å². The Kier molecular flexibility index (Phi) is 4.05. The van der Waals surface area contributed by atoms with Gasteiger partial charge in [0, 0.05) is 37.5 Å². The minimum Gasteiger partial charge on any atom is -0.368 e. The normalized spacial score (nSPS) is 22.4. The Morgan fingerprint density at radius 2 is 2.12 bits per heavy atom. The lowest BCUT2D eigenvalue weighted by Gasteiger charge is -2.39. The van der Waals surface area contributed by atoms with Gasteiger partial charge in [-0.05, 0) is 30.2 Å². The first kappa shape index (κ1) is 17.1. The van der Waals surface area contributed by atoms with Gasteiger partial charge >= 0.3 is 0 Å². The molecule has 1 aliphatic rings. The summed E-state index contributed by atoms with van der Waals surface area (Å²) in [6.45, 7) is 3.66. The fourth-order valence-electron chi connectivity index (χ4n) is 3.35. The molecule has 2 aromatic heterocycles. The zero-order valence-electron chi connectivity index (χ0n) is 14.8. The predicted molar refractivity (Wildman–Crippen MR) is 92.2 cm³/mol. The van der Waals surface area contributed by atoms with Crippen LogP contribution < -0.4 is 0 Å². The minimum atomic E-state index is -0.916. The second-order valence-corrected chi connectivity index (χ2v) is 6.99. The van der Waals surface area contributed by atoms with Gasteiger partial charge in [0.15, 0.2) is 5.78 Å². The van der Waals surface area contributed by atoms with Gasteiger partial charge < -0.3 is 4.74 Å². The van der Waals surface area contributed by atoms with Gasteiger partial charge in [0.25, 0.3) is 0 Å². The monoisotopic (exact) mass is 336 g/mol. The van der Waals surface area contributed by atoms with Crippen LogP contribution in [-0.4, -0.2) is 27.7 Å². The number of aromatic nitrogens is 3. The van der Waals surface area contributed by atoms with Gasteiger partial charge in [-0.1, -0.05) is 13.8 Å². The molecule has 2 heterocycles. The number of hydrogen-bond acceptors (Lipinski definition) is 5. The summed E-state index contributed by atoms with van der Waals surface area (Å²) >= 11 is 0. The molecule has 1 aliphatic carbocycles. The Hall–Kier alpha value is -2.78. The summed E-state index contributed by atoms with van der Waals surface area (Å²) in [4.78, 5) is 16.9. The molecular formula is C19H20N4O2. The molecule has 0 fully saturated rings. The van der Waals surface area contributed by atoms with Crippen molar-refractivity contribution < 1.29 is 9.53 Å². The minimum absolute atomic E-state index is 0.117. The van der Waals surface area contributed by atoms with Crippen LogP contribution in [0.15, 0.2) is 42.4 Å². The molecule has 0 amide bonds. The third kappa shape index (κ3) is 2.87. The van der Waals surface area contributed by atoms with E-state index in [0.717, 1.165) is 11.1 Å². The van der Waals surface area contributed by atoms with Crippen LogP contribution in [0.25, 0.3) is 11.1 Å². The highest BCUT2D eigenvalue weighted by atomic mass is 16.5. The Balaban J connectivity index is 2.14. The van der Waals surface area contributed by atoms with Gasteiger partial charge in [-0.15, -0.1) is 0 Å². The average molecular weight is 336 g/mol. The molecule has 0 spiro atoms. The van der Waals surface area contributed by atoms with E-state index >= 15 is 0 Å². The average Bonchev–Trinajstić information content (AvgIpc) is 3.04. The molecule has 0 aromatic carbocycles. The van der Waals surface area contributed by atoms with E-state index in [4.69, 9.17) is 4.74 Å². The first-order valence-corrected chi connectivity index (χ1v) is 8.00. The van der Waals surface area contributed by atoms with Gasteiger partial charge in [-0.3, -0.25) is 14.5 Å². The Bertz CT molecular complexity index is 904. The molecule has 1 atom stereocenters. The van der Waals surface area contributed by atoms with E-state index < -0.39 is 11.0 Å². The molecule has 6 nitrogen and oxygen atoms in total. The van der Waals surface area contributed by atoms with Crippen molar-refractivity contribution in [1.82, 2.24) is 14.8 Å². The van der Waals surface area contributed by atoms with E-state index in [0.29, 0.717) is 12.1 Å². The van der Waals surface area contributed by atoms with Gasteiger partial charge in [0.05, 0.1) is 17.5 Å². The number of Topliss-reactive ketones (excluding diaryl/α,β-unsaturated/α-hetero) is 1. The first-order chi connectivity index (χ1) is 11.8. The maximum absolute atomic E-state index is 12.4. The van der Waals surface area contributed by atoms with Gasteiger partial charge in [0.1, 0.15) is 11.7 Å². The Morgan fingerprint density at radius 1 is 1.36 bits per heavy atom. The van der Waals surface area contributed by atoms with E-state index in [-0.39, 0.29) is 11.4 Å². The van der Waals surface area contributed by atoms with E-state index in [1.807, 2.05) is 45.3 Å². The van der Waals surface area contributed by atoms with Crippen molar-refractivity contribution in [3.05, 3.63) is 48.1 Å². The number of carbonyl (C=O) groups is 1. The van der Waals surface area contributed by atoms with Gasteiger partial charge in [-0.2, -0.15) is 10.4 Å². The first-order valence-electron chi connectivity index (χ1n) is 8.00. The number of nitriles is 1. The number of hydrogen-bond donors (Lipinski definition) is 0. The van der Waals surface area contributed by atoms with Crippen LogP contribution in [0, 0.1) is 16.7 Å². The van der Waals surface area contributed by atoms with Crippen molar-refractivity contribution in [3.63, 3.8) is 0 Å². The van der Waals surface area contributed by atoms with Crippen molar-refractivity contribution in [1.29, 1.82) is 5.26 Å². The summed E-state index contributed by atoms with van der Waals surface area (Å²) in [5.74, 6) is -0.161. The summed E-state index contributed by atoms with van der Waals surface area (Å²) in [6, 6.07) is 5.84. The molecule has 0 aliphatic heterocycles. The molecule has 0 radical (unpaired) electrons.